The number of carboxylic acids is 1. The molecule has 0 aliphatic carbocycles. The van der Waals surface area contributed by atoms with Crippen molar-refractivity contribution < 1.29 is 14.7 Å². The molecule has 25 heavy (non-hydrogen) atoms. The Bertz CT molecular complexity index is 583. The number of likely N-dealkylation sites (tertiary alicyclic amines) is 1. The molecule has 1 aliphatic rings. The molecule has 0 aromatic heterocycles. The van der Waals surface area contributed by atoms with Crippen LogP contribution in [-0.4, -0.2) is 41.5 Å². The lowest BCUT2D eigenvalue weighted by atomic mass is 9.98. The highest BCUT2D eigenvalue weighted by atomic mass is 16.4. The largest absolute Gasteiger partial charge is 0.481 e. The average molecular weight is 346 g/mol. The van der Waals surface area contributed by atoms with Gasteiger partial charge in [0.15, 0.2) is 0 Å². The number of carbonyl (C=O) groups is 2. The van der Waals surface area contributed by atoms with E-state index in [1.807, 2.05) is 11.8 Å². The summed E-state index contributed by atoms with van der Waals surface area (Å²) < 4.78 is 0. The lowest BCUT2D eigenvalue weighted by Gasteiger charge is -2.30. The summed E-state index contributed by atoms with van der Waals surface area (Å²) in [5.74, 6) is -0.542. The maximum Gasteiger partial charge on any atom is 0.307 e. The molecule has 0 bridgehead atoms. The summed E-state index contributed by atoms with van der Waals surface area (Å²) in [7, 11) is 0. The van der Waals surface area contributed by atoms with Crippen molar-refractivity contribution in [2.24, 2.45) is 11.8 Å². The van der Waals surface area contributed by atoms with E-state index in [1.165, 1.54) is 5.56 Å². The Hall–Kier alpha value is -1.88. The Morgan fingerprint density at radius 3 is 2.52 bits per heavy atom. The predicted molar refractivity (Wildman–Crippen MR) is 98.3 cm³/mol. The van der Waals surface area contributed by atoms with Gasteiger partial charge in [0.05, 0.1) is 18.5 Å². The number of carbonyl (C=O) groups excluding carboxylic acids is 1. The molecule has 1 aromatic carbocycles. The molecule has 2 N–H and O–H groups in total. The van der Waals surface area contributed by atoms with Gasteiger partial charge in [-0.3, -0.25) is 14.5 Å². The monoisotopic (exact) mass is 346 g/mol. The van der Waals surface area contributed by atoms with Gasteiger partial charge in [-0.15, -0.1) is 0 Å². The molecule has 1 aliphatic heterocycles. The number of hydrogen-bond donors (Lipinski definition) is 2. The second kappa shape index (κ2) is 8.99. The van der Waals surface area contributed by atoms with Crippen LogP contribution in [0.15, 0.2) is 24.3 Å². The van der Waals surface area contributed by atoms with Crippen LogP contribution in [0, 0.1) is 11.8 Å². The zero-order valence-electron chi connectivity index (χ0n) is 15.5. The van der Waals surface area contributed by atoms with Crippen molar-refractivity contribution in [3.63, 3.8) is 0 Å². The van der Waals surface area contributed by atoms with Gasteiger partial charge in [0, 0.05) is 6.54 Å². The molecule has 2 unspecified atom stereocenters. The van der Waals surface area contributed by atoms with E-state index in [4.69, 9.17) is 5.11 Å². The molecule has 1 saturated heterocycles. The predicted octanol–water partition coefficient (Wildman–Crippen LogP) is 2.86. The molecule has 0 saturated carbocycles. The van der Waals surface area contributed by atoms with Crippen LogP contribution in [-0.2, 0) is 16.0 Å². The van der Waals surface area contributed by atoms with Gasteiger partial charge in [-0.2, -0.15) is 0 Å². The van der Waals surface area contributed by atoms with E-state index >= 15 is 0 Å². The molecular weight excluding hydrogens is 316 g/mol. The third-order valence-corrected chi connectivity index (χ3v) is 4.72. The number of rotatable bonds is 7. The number of piperidine rings is 1. The fourth-order valence-electron chi connectivity index (χ4n) is 3.39. The molecular formula is C20H30N2O3. The van der Waals surface area contributed by atoms with E-state index in [0.29, 0.717) is 18.9 Å². The van der Waals surface area contributed by atoms with Crippen molar-refractivity contribution in [3.8, 4) is 0 Å². The van der Waals surface area contributed by atoms with Crippen molar-refractivity contribution in [1.82, 2.24) is 10.2 Å². The molecule has 138 valence electrons. The van der Waals surface area contributed by atoms with E-state index in [-0.39, 0.29) is 24.4 Å². The summed E-state index contributed by atoms with van der Waals surface area (Å²) in [6.07, 6.45) is 2.59. The fourth-order valence-corrected chi connectivity index (χ4v) is 3.39. The van der Waals surface area contributed by atoms with E-state index in [9.17, 15) is 9.59 Å². The Morgan fingerprint density at radius 2 is 1.92 bits per heavy atom. The van der Waals surface area contributed by atoms with Gasteiger partial charge in [-0.25, -0.2) is 0 Å². The highest BCUT2D eigenvalue weighted by molar-refractivity contribution is 5.78. The zero-order chi connectivity index (χ0) is 18.4. The summed E-state index contributed by atoms with van der Waals surface area (Å²) in [6.45, 7) is 7.89. The molecule has 0 radical (unpaired) electrons. The van der Waals surface area contributed by atoms with E-state index in [2.05, 4.69) is 43.4 Å². The minimum absolute atomic E-state index is 0.0511. The summed E-state index contributed by atoms with van der Waals surface area (Å²) in [5, 5.41) is 12.2. The van der Waals surface area contributed by atoms with Gasteiger partial charge in [0.2, 0.25) is 5.91 Å². The second-order valence-corrected chi connectivity index (χ2v) is 7.54. The first kappa shape index (κ1) is 19.4. The van der Waals surface area contributed by atoms with Crippen LogP contribution in [0.2, 0.25) is 0 Å². The van der Waals surface area contributed by atoms with Gasteiger partial charge in [0.25, 0.3) is 0 Å². The number of aliphatic carboxylic acids is 1. The summed E-state index contributed by atoms with van der Waals surface area (Å²) in [6, 6.07) is 8.34. The van der Waals surface area contributed by atoms with Crippen molar-refractivity contribution in [2.45, 2.75) is 46.1 Å². The molecule has 5 heteroatoms. The maximum absolute atomic E-state index is 12.3. The second-order valence-electron chi connectivity index (χ2n) is 7.54. The number of nitrogens with one attached hydrogen (secondary N) is 1. The topological polar surface area (TPSA) is 69.6 Å². The summed E-state index contributed by atoms with van der Waals surface area (Å²) >= 11 is 0. The summed E-state index contributed by atoms with van der Waals surface area (Å²) in [4.78, 5) is 25.3. The summed E-state index contributed by atoms with van der Waals surface area (Å²) in [5.41, 5.74) is 2.40. The minimum atomic E-state index is -0.764. The molecule has 1 fully saturated rings. The lowest BCUT2D eigenvalue weighted by molar-refractivity contribution is -0.144. The number of amides is 1. The Morgan fingerprint density at radius 1 is 1.24 bits per heavy atom. The first-order valence-electron chi connectivity index (χ1n) is 9.18. The fraction of sp³-hybridized carbons (Fsp3) is 0.600. The van der Waals surface area contributed by atoms with Gasteiger partial charge in [-0.1, -0.05) is 38.1 Å². The smallest absolute Gasteiger partial charge is 0.307 e. The van der Waals surface area contributed by atoms with Crippen LogP contribution in [0.5, 0.6) is 0 Å². The SMILES string of the molecule is CC(C)Cc1ccc(C(C)NC(=O)CN2CCCC(C(=O)O)C2)cc1. The van der Waals surface area contributed by atoms with E-state index < -0.39 is 5.97 Å². The third kappa shape index (κ3) is 6.16. The molecule has 5 nitrogen and oxygen atoms in total. The van der Waals surface area contributed by atoms with Crippen molar-refractivity contribution in [3.05, 3.63) is 35.4 Å². The van der Waals surface area contributed by atoms with Crippen molar-refractivity contribution in [2.75, 3.05) is 19.6 Å². The lowest BCUT2D eigenvalue weighted by Crippen LogP contribution is -2.44. The van der Waals surface area contributed by atoms with Crippen LogP contribution in [0.4, 0.5) is 0 Å². The van der Waals surface area contributed by atoms with Gasteiger partial charge < -0.3 is 10.4 Å². The maximum atomic E-state index is 12.3. The average Bonchev–Trinajstić information content (AvgIpc) is 2.55. The quantitative estimate of drug-likeness (QED) is 0.796. The van der Waals surface area contributed by atoms with Crippen LogP contribution >= 0.6 is 0 Å². The molecule has 1 aromatic rings. The van der Waals surface area contributed by atoms with Gasteiger partial charge in [-0.05, 0) is 49.8 Å². The molecule has 1 heterocycles. The standard InChI is InChI=1S/C20H30N2O3/c1-14(2)11-16-6-8-17(9-7-16)15(3)21-19(23)13-22-10-4-5-18(12-22)20(24)25/h6-9,14-15,18H,4-5,10-13H2,1-3H3,(H,21,23)(H,24,25). The van der Waals surface area contributed by atoms with E-state index in [0.717, 1.165) is 24.9 Å². The molecule has 2 atom stereocenters. The first-order chi connectivity index (χ1) is 11.8. The highest BCUT2D eigenvalue weighted by Crippen LogP contribution is 2.18. The zero-order valence-corrected chi connectivity index (χ0v) is 15.5. The Kier molecular flexibility index (Phi) is 7.00. The molecule has 2 rings (SSSR count). The third-order valence-electron chi connectivity index (χ3n) is 4.72. The number of benzene rings is 1. The van der Waals surface area contributed by atoms with Crippen molar-refractivity contribution >= 4 is 11.9 Å². The van der Waals surface area contributed by atoms with Crippen molar-refractivity contribution in [1.29, 1.82) is 0 Å². The van der Waals surface area contributed by atoms with Gasteiger partial charge in [0.1, 0.15) is 0 Å². The van der Waals surface area contributed by atoms with E-state index in [1.54, 1.807) is 0 Å². The normalized spacial score (nSPS) is 19.6. The van der Waals surface area contributed by atoms with Crippen LogP contribution in [0.3, 0.4) is 0 Å². The molecule has 1 amide bonds. The number of carboxylic acid groups (broad SMARTS) is 1. The Balaban J connectivity index is 1.84. The number of hydrogen-bond acceptors (Lipinski definition) is 3. The molecule has 0 spiro atoms. The highest BCUT2D eigenvalue weighted by Gasteiger charge is 2.26. The van der Waals surface area contributed by atoms with Gasteiger partial charge >= 0.3 is 5.97 Å². The Labute approximate surface area is 150 Å². The number of nitrogens with zero attached hydrogens (tertiary/aromatic N) is 1. The minimum Gasteiger partial charge on any atom is -0.481 e. The van der Waals surface area contributed by atoms with Crippen LogP contribution in [0.1, 0.15) is 50.8 Å². The van der Waals surface area contributed by atoms with Crippen LogP contribution in [0.25, 0.3) is 0 Å². The van der Waals surface area contributed by atoms with Crippen LogP contribution < -0.4 is 5.32 Å². The first-order valence-corrected chi connectivity index (χ1v) is 9.18.